The molecule has 0 saturated heterocycles. The van der Waals surface area contributed by atoms with Crippen LogP contribution in [0.2, 0.25) is 0 Å². The topological polar surface area (TPSA) is 84.7 Å². The molecule has 0 heterocycles. The van der Waals surface area contributed by atoms with Gasteiger partial charge in [-0.3, -0.25) is 4.79 Å². The number of hydrogen-bond donors (Lipinski definition) is 2. The van der Waals surface area contributed by atoms with Crippen molar-refractivity contribution in [3.63, 3.8) is 0 Å². The van der Waals surface area contributed by atoms with Gasteiger partial charge in [-0.2, -0.15) is 0 Å². The molecule has 24 heavy (non-hydrogen) atoms. The van der Waals surface area contributed by atoms with Gasteiger partial charge in [-0.1, -0.05) is 13.8 Å². The van der Waals surface area contributed by atoms with Crippen molar-refractivity contribution in [2.75, 3.05) is 6.54 Å². The molecule has 140 valence electrons. The largest absolute Gasteiger partial charge is 0.444 e. The van der Waals surface area contributed by atoms with Gasteiger partial charge in [0.05, 0.1) is 6.04 Å². The molecular weight excluding hydrogens is 306 g/mol. The molecule has 0 aromatic heterocycles. The minimum Gasteiger partial charge on any atom is -0.444 e. The highest BCUT2D eigenvalue weighted by Gasteiger charge is 2.31. The first kappa shape index (κ1) is 20.7. The summed E-state index contributed by atoms with van der Waals surface area (Å²) in [4.78, 5) is 26.2. The van der Waals surface area contributed by atoms with Gasteiger partial charge < -0.3 is 20.7 Å². The van der Waals surface area contributed by atoms with Crippen molar-refractivity contribution in [3.05, 3.63) is 0 Å². The summed E-state index contributed by atoms with van der Waals surface area (Å²) < 4.78 is 5.49. The fourth-order valence-corrected chi connectivity index (χ4v) is 2.99. The molecule has 1 saturated carbocycles. The number of amides is 2. The quantitative estimate of drug-likeness (QED) is 0.805. The van der Waals surface area contributed by atoms with Crippen molar-refractivity contribution in [3.8, 4) is 0 Å². The standard InChI is InChI=1S/C18H35N3O3/c1-7-21(17(23)24-18(4,5)6)14-10-8-13(9-11-14)20-16(22)15(19)12(2)3/h12-15H,7-11,19H2,1-6H3,(H,20,22)/t13?,14?,15-/m0/s1. The van der Waals surface area contributed by atoms with Crippen molar-refractivity contribution in [1.82, 2.24) is 10.2 Å². The second-order valence-corrected chi connectivity index (χ2v) is 8.05. The third-order valence-corrected chi connectivity index (χ3v) is 4.47. The number of nitrogens with one attached hydrogen (secondary N) is 1. The van der Waals surface area contributed by atoms with Crippen LogP contribution in [0.5, 0.6) is 0 Å². The van der Waals surface area contributed by atoms with Crippen molar-refractivity contribution in [1.29, 1.82) is 0 Å². The first-order valence-electron chi connectivity index (χ1n) is 9.10. The maximum atomic E-state index is 12.3. The van der Waals surface area contributed by atoms with Crippen molar-refractivity contribution >= 4 is 12.0 Å². The van der Waals surface area contributed by atoms with Gasteiger partial charge in [0.2, 0.25) is 5.91 Å². The summed E-state index contributed by atoms with van der Waals surface area (Å²) in [5.41, 5.74) is 5.41. The fraction of sp³-hybridized carbons (Fsp3) is 0.889. The molecule has 1 aliphatic carbocycles. The van der Waals surface area contributed by atoms with Crippen LogP contribution >= 0.6 is 0 Å². The molecule has 0 aromatic carbocycles. The molecule has 0 radical (unpaired) electrons. The monoisotopic (exact) mass is 341 g/mol. The normalized spacial score (nSPS) is 22.8. The highest BCUT2D eigenvalue weighted by atomic mass is 16.6. The van der Waals surface area contributed by atoms with Crippen LogP contribution < -0.4 is 11.1 Å². The number of ether oxygens (including phenoxy) is 1. The van der Waals surface area contributed by atoms with Crippen LogP contribution in [0.15, 0.2) is 0 Å². The molecule has 6 heteroatoms. The lowest BCUT2D eigenvalue weighted by molar-refractivity contribution is -0.124. The zero-order valence-electron chi connectivity index (χ0n) is 16.1. The minimum absolute atomic E-state index is 0.0760. The Morgan fingerprint density at radius 2 is 1.75 bits per heavy atom. The van der Waals surface area contributed by atoms with Crippen molar-refractivity contribution in [2.24, 2.45) is 11.7 Å². The Labute approximate surface area is 146 Å². The predicted molar refractivity (Wildman–Crippen MR) is 95.6 cm³/mol. The molecule has 0 aromatic rings. The smallest absolute Gasteiger partial charge is 0.410 e. The third kappa shape index (κ3) is 6.30. The highest BCUT2D eigenvalue weighted by molar-refractivity contribution is 5.82. The van der Waals surface area contributed by atoms with E-state index in [1.165, 1.54) is 0 Å². The Hall–Kier alpha value is -1.30. The van der Waals surface area contributed by atoms with E-state index in [4.69, 9.17) is 10.5 Å². The number of nitrogens with two attached hydrogens (primary N) is 1. The van der Waals surface area contributed by atoms with Crippen LogP contribution in [0, 0.1) is 5.92 Å². The molecule has 2 amide bonds. The van der Waals surface area contributed by atoms with Crippen LogP contribution in [0.25, 0.3) is 0 Å². The van der Waals surface area contributed by atoms with E-state index in [1.54, 1.807) is 0 Å². The van der Waals surface area contributed by atoms with Crippen LogP contribution in [0.1, 0.15) is 67.2 Å². The lowest BCUT2D eigenvalue weighted by Crippen LogP contribution is -2.51. The first-order chi connectivity index (χ1) is 11.0. The summed E-state index contributed by atoms with van der Waals surface area (Å²) in [6, 6.07) is -0.135. The Kier molecular flexibility index (Phi) is 7.52. The number of rotatable bonds is 5. The van der Waals surface area contributed by atoms with Gasteiger partial charge in [-0.25, -0.2) is 4.79 Å². The van der Waals surface area contributed by atoms with Crippen molar-refractivity contribution in [2.45, 2.75) is 91.0 Å². The van der Waals surface area contributed by atoms with Gasteiger partial charge >= 0.3 is 6.09 Å². The molecule has 6 nitrogen and oxygen atoms in total. The molecule has 0 aliphatic heterocycles. The van der Waals surface area contributed by atoms with E-state index in [0.29, 0.717) is 6.54 Å². The Balaban J connectivity index is 2.51. The van der Waals surface area contributed by atoms with E-state index in [2.05, 4.69) is 5.32 Å². The van der Waals surface area contributed by atoms with Crippen molar-refractivity contribution < 1.29 is 14.3 Å². The van der Waals surface area contributed by atoms with Crippen LogP contribution in [0.3, 0.4) is 0 Å². The zero-order chi connectivity index (χ0) is 18.5. The maximum absolute atomic E-state index is 12.3. The summed E-state index contributed by atoms with van der Waals surface area (Å²) in [5, 5.41) is 3.05. The Bertz CT molecular complexity index is 424. The van der Waals surface area contributed by atoms with Gasteiger partial charge in [-0.15, -0.1) is 0 Å². The van der Waals surface area contributed by atoms with Crippen LogP contribution in [-0.2, 0) is 9.53 Å². The van der Waals surface area contributed by atoms with E-state index in [0.717, 1.165) is 25.7 Å². The molecular formula is C18H35N3O3. The van der Waals surface area contributed by atoms with E-state index >= 15 is 0 Å². The summed E-state index contributed by atoms with van der Waals surface area (Å²) in [7, 11) is 0. The van der Waals surface area contributed by atoms with E-state index in [9.17, 15) is 9.59 Å². The molecule has 3 N–H and O–H groups in total. The number of hydrogen-bond acceptors (Lipinski definition) is 4. The second-order valence-electron chi connectivity index (χ2n) is 8.05. The van der Waals surface area contributed by atoms with E-state index in [-0.39, 0.29) is 30.0 Å². The Morgan fingerprint density at radius 3 is 2.17 bits per heavy atom. The average molecular weight is 341 g/mol. The maximum Gasteiger partial charge on any atom is 0.410 e. The average Bonchev–Trinajstić information content (AvgIpc) is 2.46. The van der Waals surface area contributed by atoms with Crippen LogP contribution in [0.4, 0.5) is 4.79 Å². The van der Waals surface area contributed by atoms with Crippen LogP contribution in [-0.4, -0.2) is 47.2 Å². The third-order valence-electron chi connectivity index (χ3n) is 4.47. The molecule has 0 spiro atoms. The fourth-order valence-electron chi connectivity index (χ4n) is 2.99. The minimum atomic E-state index is -0.483. The predicted octanol–water partition coefficient (Wildman–Crippen LogP) is 2.65. The molecule has 1 rings (SSSR count). The summed E-state index contributed by atoms with van der Waals surface area (Å²) in [6.45, 7) is 12.1. The van der Waals surface area contributed by atoms with E-state index in [1.807, 2.05) is 46.4 Å². The zero-order valence-corrected chi connectivity index (χ0v) is 16.1. The van der Waals surface area contributed by atoms with E-state index < -0.39 is 11.6 Å². The van der Waals surface area contributed by atoms with Gasteiger partial charge in [0, 0.05) is 18.6 Å². The molecule has 1 fully saturated rings. The molecule has 1 atom stereocenters. The second kappa shape index (κ2) is 8.70. The lowest BCUT2D eigenvalue weighted by atomic mass is 9.89. The van der Waals surface area contributed by atoms with Gasteiger partial charge in [0.1, 0.15) is 5.60 Å². The summed E-state index contributed by atoms with van der Waals surface area (Å²) in [6.07, 6.45) is 3.21. The number of nitrogens with zero attached hydrogens (tertiary/aromatic N) is 1. The molecule has 1 aliphatic rings. The Morgan fingerprint density at radius 1 is 1.21 bits per heavy atom. The summed E-state index contributed by atoms with van der Waals surface area (Å²) in [5.74, 6) is 0.0528. The van der Waals surface area contributed by atoms with Gasteiger partial charge in [0.15, 0.2) is 0 Å². The highest BCUT2D eigenvalue weighted by Crippen LogP contribution is 2.25. The SMILES string of the molecule is CCN(C(=O)OC(C)(C)C)C1CCC(NC(=O)[C@@H](N)C(C)C)CC1. The summed E-state index contributed by atoms with van der Waals surface area (Å²) >= 11 is 0. The molecule has 0 bridgehead atoms. The number of carbonyl (C=O) groups excluding carboxylic acids is 2. The first-order valence-corrected chi connectivity index (χ1v) is 9.10. The molecule has 0 unspecified atom stereocenters. The number of carbonyl (C=O) groups is 2. The van der Waals surface area contributed by atoms with Gasteiger partial charge in [0.25, 0.3) is 0 Å². The lowest BCUT2D eigenvalue weighted by Gasteiger charge is -2.37. The van der Waals surface area contributed by atoms with Gasteiger partial charge in [-0.05, 0) is 59.3 Å².